The van der Waals surface area contributed by atoms with E-state index in [1.807, 2.05) is 18.2 Å². The highest BCUT2D eigenvalue weighted by Crippen LogP contribution is 2.35. The van der Waals surface area contributed by atoms with Gasteiger partial charge in [0.1, 0.15) is 4.90 Å². The number of benzene rings is 3. The number of hydrogen-bond donors (Lipinski definition) is 1. The molecule has 0 saturated heterocycles. The zero-order chi connectivity index (χ0) is 20.9. The molecule has 0 radical (unpaired) electrons. The molecule has 1 N–H and O–H groups in total. The van der Waals surface area contributed by atoms with E-state index in [2.05, 4.69) is 17.4 Å². The molecule has 3 aromatic carbocycles. The van der Waals surface area contributed by atoms with Crippen LogP contribution in [-0.2, 0) is 27.7 Å². The molecule has 5 rings (SSSR count). The smallest absolute Gasteiger partial charge is 0.269 e. The van der Waals surface area contributed by atoms with Crippen LogP contribution in [0.5, 0.6) is 0 Å². The number of nitrogens with one attached hydrogen (secondary N) is 1. The minimum atomic E-state index is -3.83. The summed E-state index contributed by atoms with van der Waals surface area (Å²) in [5, 5.41) is 5.20. The second kappa shape index (κ2) is 6.95. The van der Waals surface area contributed by atoms with Crippen LogP contribution in [0.3, 0.4) is 0 Å². The van der Waals surface area contributed by atoms with Crippen molar-refractivity contribution in [3.8, 4) is 0 Å². The predicted octanol–water partition coefficient (Wildman–Crippen LogP) is 3.50. The summed E-state index contributed by atoms with van der Waals surface area (Å²) in [6.07, 6.45) is 2.42. The Labute approximate surface area is 174 Å². The van der Waals surface area contributed by atoms with Crippen LogP contribution >= 0.6 is 0 Å². The van der Waals surface area contributed by atoms with E-state index >= 15 is 0 Å². The van der Waals surface area contributed by atoms with Gasteiger partial charge in [0, 0.05) is 24.0 Å². The number of hydrogen-bond acceptors (Lipinski definition) is 4. The van der Waals surface area contributed by atoms with Gasteiger partial charge in [-0.3, -0.25) is 9.59 Å². The van der Waals surface area contributed by atoms with E-state index in [1.54, 1.807) is 12.1 Å². The van der Waals surface area contributed by atoms with Gasteiger partial charge in [0.05, 0.1) is 5.56 Å². The molecule has 1 aliphatic heterocycles. The summed E-state index contributed by atoms with van der Waals surface area (Å²) >= 11 is 0. The van der Waals surface area contributed by atoms with Gasteiger partial charge in [0.25, 0.3) is 15.9 Å². The highest BCUT2D eigenvalue weighted by atomic mass is 32.2. The molecule has 0 saturated carbocycles. The maximum atomic E-state index is 12.6. The molecular formula is C23H20N2O4S. The SMILES string of the molecule is O=C(CCCN1C(=O)c2ccccc2S1(=O)=O)Nc1ccc2c3c(cccc13)CC2. The number of sulfonamides is 1. The van der Waals surface area contributed by atoms with Crippen molar-refractivity contribution in [1.29, 1.82) is 0 Å². The molecule has 0 unspecified atom stereocenters. The molecule has 2 aliphatic rings. The van der Waals surface area contributed by atoms with Gasteiger partial charge in [0.15, 0.2) is 0 Å². The molecule has 0 atom stereocenters. The Balaban J connectivity index is 1.26. The topological polar surface area (TPSA) is 83.6 Å². The van der Waals surface area contributed by atoms with Crippen LogP contribution in [0.25, 0.3) is 10.8 Å². The summed E-state index contributed by atoms with van der Waals surface area (Å²) in [5.74, 6) is -0.728. The number of amides is 2. The lowest BCUT2D eigenvalue weighted by Gasteiger charge is -2.15. The van der Waals surface area contributed by atoms with Crippen molar-refractivity contribution >= 4 is 38.3 Å². The number of aryl methyl sites for hydroxylation is 2. The number of anilines is 1. The number of rotatable bonds is 5. The first-order valence-electron chi connectivity index (χ1n) is 9.96. The number of nitrogens with zero attached hydrogens (tertiary/aromatic N) is 1. The average molecular weight is 420 g/mol. The Morgan fingerprint density at radius 1 is 0.967 bits per heavy atom. The minimum Gasteiger partial charge on any atom is -0.326 e. The van der Waals surface area contributed by atoms with Crippen LogP contribution in [0.1, 0.15) is 34.3 Å². The molecule has 30 heavy (non-hydrogen) atoms. The Kier molecular flexibility index (Phi) is 4.36. The van der Waals surface area contributed by atoms with E-state index in [0.29, 0.717) is 0 Å². The third-order valence-corrected chi connectivity index (χ3v) is 7.67. The quantitative estimate of drug-likeness (QED) is 0.685. The van der Waals surface area contributed by atoms with Crippen molar-refractivity contribution in [1.82, 2.24) is 4.31 Å². The van der Waals surface area contributed by atoms with Crippen LogP contribution in [0.15, 0.2) is 59.5 Å². The van der Waals surface area contributed by atoms with Crippen molar-refractivity contribution < 1.29 is 18.0 Å². The lowest BCUT2D eigenvalue weighted by atomic mass is 10.0. The third kappa shape index (κ3) is 2.89. The first kappa shape index (κ1) is 18.8. The van der Waals surface area contributed by atoms with Crippen LogP contribution in [0, 0.1) is 0 Å². The first-order chi connectivity index (χ1) is 14.5. The highest BCUT2D eigenvalue weighted by Gasteiger charge is 2.40. The lowest BCUT2D eigenvalue weighted by Crippen LogP contribution is -2.31. The fraction of sp³-hybridized carbons (Fsp3) is 0.217. The summed E-state index contributed by atoms with van der Waals surface area (Å²) in [6, 6.07) is 16.3. The van der Waals surface area contributed by atoms with Gasteiger partial charge in [-0.15, -0.1) is 0 Å². The largest absolute Gasteiger partial charge is 0.326 e. The number of fused-ring (bicyclic) bond motifs is 1. The third-order valence-electron chi connectivity index (χ3n) is 5.83. The van der Waals surface area contributed by atoms with Crippen molar-refractivity contribution in [3.63, 3.8) is 0 Å². The summed E-state index contributed by atoms with van der Waals surface area (Å²) in [6.45, 7) is -0.0207. The van der Waals surface area contributed by atoms with Crippen molar-refractivity contribution in [2.24, 2.45) is 0 Å². The number of carbonyl (C=O) groups excluding carboxylic acids is 2. The second-order valence-corrected chi connectivity index (χ2v) is 9.47. The molecule has 1 heterocycles. The molecular weight excluding hydrogens is 400 g/mol. The van der Waals surface area contributed by atoms with Gasteiger partial charge in [-0.25, -0.2) is 12.7 Å². The predicted molar refractivity (Wildman–Crippen MR) is 114 cm³/mol. The lowest BCUT2D eigenvalue weighted by molar-refractivity contribution is -0.116. The first-order valence-corrected chi connectivity index (χ1v) is 11.4. The average Bonchev–Trinajstić information content (AvgIpc) is 3.24. The fourth-order valence-electron chi connectivity index (χ4n) is 4.40. The maximum absolute atomic E-state index is 12.6. The van der Waals surface area contributed by atoms with Crippen molar-refractivity contribution in [2.75, 3.05) is 11.9 Å². The van der Waals surface area contributed by atoms with Gasteiger partial charge >= 0.3 is 0 Å². The standard InChI is InChI=1S/C23H20N2O4S/c26-21(24-19-13-12-16-11-10-15-5-3-7-17(19)22(15)16)9-4-14-25-23(27)18-6-1-2-8-20(18)30(25,28)29/h1-3,5-8,12-13H,4,9-11,14H2,(H,24,26). The summed E-state index contributed by atoms with van der Waals surface area (Å²) < 4.78 is 26.0. The Morgan fingerprint density at radius 2 is 1.73 bits per heavy atom. The fourth-order valence-corrected chi connectivity index (χ4v) is 6.01. The van der Waals surface area contributed by atoms with E-state index in [4.69, 9.17) is 0 Å². The van der Waals surface area contributed by atoms with E-state index < -0.39 is 15.9 Å². The van der Waals surface area contributed by atoms with Crippen molar-refractivity contribution in [2.45, 2.75) is 30.6 Å². The van der Waals surface area contributed by atoms with Gasteiger partial charge in [-0.1, -0.05) is 36.4 Å². The normalized spacial score (nSPS) is 16.1. The van der Waals surface area contributed by atoms with Gasteiger partial charge < -0.3 is 5.32 Å². The molecule has 2 amide bonds. The summed E-state index contributed by atoms with van der Waals surface area (Å²) in [4.78, 5) is 25.0. The summed E-state index contributed by atoms with van der Waals surface area (Å²) in [7, 11) is -3.83. The molecule has 0 spiro atoms. The molecule has 7 heteroatoms. The maximum Gasteiger partial charge on any atom is 0.269 e. The Hall–Kier alpha value is -3.19. The zero-order valence-electron chi connectivity index (χ0n) is 16.2. The highest BCUT2D eigenvalue weighted by molar-refractivity contribution is 7.90. The van der Waals surface area contributed by atoms with Crippen LogP contribution in [0.2, 0.25) is 0 Å². The minimum absolute atomic E-state index is 0.0207. The molecule has 1 aliphatic carbocycles. The monoisotopic (exact) mass is 420 g/mol. The van der Waals surface area contributed by atoms with Crippen LogP contribution in [0.4, 0.5) is 5.69 Å². The molecule has 152 valence electrons. The summed E-state index contributed by atoms with van der Waals surface area (Å²) in [5.41, 5.74) is 3.56. The van der Waals surface area contributed by atoms with Crippen LogP contribution in [-0.4, -0.2) is 31.1 Å². The zero-order valence-corrected chi connectivity index (χ0v) is 17.0. The molecule has 0 aromatic heterocycles. The van der Waals surface area contributed by atoms with Crippen molar-refractivity contribution in [3.05, 3.63) is 71.3 Å². The van der Waals surface area contributed by atoms with Crippen LogP contribution < -0.4 is 5.32 Å². The molecule has 0 fully saturated rings. The molecule has 3 aromatic rings. The van der Waals surface area contributed by atoms with Gasteiger partial charge in [0.2, 0.25) is 5.91 Å². The number of carbonyl (C=O) groups is 2. The molecule has 6 nitrogen and oxygen atoms in total. The van der Waals surface area contributed by atoms with E-state index in [0.717, 1.165) is 28.2 Å². The van der Waals surface area contributed by atoms with E-state index in [1.165, 1.54) is 28.6 Å². The Morgan fingerprint density at radius 3 is 2.53 bits per heavy atom. The van der Waals surface area contributed by atoms with Gasteiger partial charge in [-0.05, 0) is 54.0 Å². The second-order valence-electron chi connectivity index (χ2n) is 7.64. The Bertz CT molecular complexity index is 1300. The van der Waals surface area contributed by atoms with E-state index in [-0.39, 0.29) is 35.8 Å². The van der Waals surface area contributed by atoms with E-state index in [9.17, 15) is 18.0 Å². The van der Waals surface area contributed by atoms with Gasteiger partial charge in [-0.2, -0.15) is 0 Å². The molecule has 0 bridgehead atoms.